The zero-order chi connectivity index (χ0) is 23.3. The zero-order valence-corrected chi connectivity index (χ0v) is 19.6. The molecule has 1 amide bonds. The quantitative estimate of drug-likeness (QED) is 0.536. The summed E-state index contributed by atoms with van der Waals surface area (Å²) in [5.41, 5.74) is 2.47. The second-order valence-corrected chi connectivity index (χ2v) is 9.44. The van der Waals surface area contributed by atoms with Gasteiger partial charge in [0.2, 0.25) is 5.91 Å². The number of nitrogens with one attached hydrogen (secondary N) is 1. The molecule has 0 aliphatic carbocycles. The van der Waals surface area contributed by atoms with E-state index >= 15 is 0 Å². The average molecular weight is 474 g/mol. The van der Waals surface area contributed by atoms with Crippen molar-refractivity contribution in [3.05, 3.63) is 82.6 Å². The number of anilines is 1. The van der Waals surface area contributed by atoms with E-state index in [9.17, 15) is 13.2 Å². The number of ether oxygens (including phenoxy) is 1. The smallest absolute Gasteiger partial charge is 0.268 e. The number of pyridine rings is 1. The summed E-state index contributed by atoms with van der Waals surface area (Å²) in [6, 6.07) is 15.1. The molecule has 0 atom stereocenters. The number of rotatable bonds is 8. The molecule has 0 aliphatic rings. The van der Waals surface area contributed by atoms with Gasteiger partial charge in [-0.05, 0) is 61.4 Å². The molecule has 1 heterocycles. The van der Waals surface area contributed by atoms with E-state index in [2.05, 4.69) is 10.3 Å². The van der Waals surface area contributed by atoms with Gasteiger partial charge in [-0.15, -0.1) is 0 Å². The first-order chi connectivity index (χ1) is 15.2. The number of hydrogen-bond donors (Lipinski definition) is 1. The van der Waals surface area contributed by atoms with Crippen LogP contribution in [-0.4, -0.2) is 33.0 Å². The number of sulfonamides is 1. The van der Waals surface area contributed by atoms with Crippen LogP contribution in [0.15, 0.2) is 65.7 Å². The fourth-order valence-corrected chi connectivity index (χ4v) is 4.87. The Bertz CT molecular complexity index is 1220. The minimum Gasteiger partial charge on any atom is -0.495 e. The van der Waals surface area contributed by atoms with E-state index in [0.29, 0.717) is 10.7 Å². The molecule has 32 heavy (non-hydrogen) atoms. The molecule has 0 aliphatic heterocycles. The predicted octanol–water partition coefficient (Wildman–Crippen LogP) is 3.87. The molecule has 0 saturated carbocycles. The van der Waals surface area contributed by atoms with Gasteiger partial charge in [0.15, 0.2) is 0 Å². The van der Waals surface area contributed by atoms with Crippen molar-refractivity contribution in [1.29, 1.82) is 0 Å². The topological polar surface area (TPSA) is 88.6 Å². The number of carbonyl (C=O) groups excluding carboxylic acids is 1. The van der Waals surface area contributed by atoms with Gasteiger partial charge in [0.1, 0.15) is 17.2 Å². The summed E-state index contributed by atoms with van der Waals surface area (Å²) in [4.78, 5) is 16.9. The molecule has 0 unspecified atom stereocenters. The third kappa shape index (κ3) is 5.38. The number of methoxy groups -OCH3 is 1. The Morgan fingerprint density at radius 1 is 1.12 bits per heavy atom. The van der Waals surface area contributed by atoms with Crippen LogP contribution in [0.4, 0.5) is 5.69 Å². The van der Waals surface area contributed by atoms with E-state index < -0.39 is 22.5 Å². The average Bonchev–Trinajstić information content (AvgIpc) is 2.78. The van der Waals surface area contributed by atoms with E-state index in [1.807, 2.05) is 13.0 Å². The van der Waals surface area contributed by atoms with Gasteiger partial charge in [0.05, 0.1) is 25.0 Å². The number of hydrogen-bond acceptors (Lipinski definition) is 5. The van der Waals surface area contributed by atoms with Crippen LogP contribution < -0.4 is 14.4 Å². The highest BCUT2D eigenvalue weighted by molar-refractivity contribution is 7.93. The fraction of sp³-hybridized carbons (Fsp3) is 0.217. The first-order valence-electron chi connectivity index (χ1n) is 9.82. The minimum absolute atomic E-state index is 0.0331. The van der Waals surface area contributed by atoms with Crippen LogP contribution >= 0.6 is 11.6 Å². The second-order valence-electron chi connectivity index (χ2n) is 7.20. The van der Waals surface area contributed by atoms with E-state index in [-0.39, 0.29) is 22.9 Å². The standard InChI is InChI=1S/C23H24ClN3O4S/c1-16-7-10-21(31-3)22(12-16)32(29,30)27(19-9-8-17(2)20(24)13-19)15-23(28)26-14-18-6-4-5-11-25-18/h4-13H,14-15H2,1-3H3,(H,26,28). The summed E-state index contributed by atoms with van der Waals surface area (Å²) >= 11 is 6.26. The van der Waals surface area contributed by atoms with Crippen molar-refractivity contribution >= 4 is 33.2 Å². The van der Waals surface area contributed by atoms with Crippen LogP contribution in [0.2, 0.25) is 5.02 Å². The first-order valence-corrected chi connectivity index (χ1v) is 11.6. The summed E-state index contributed by atoms with van der Waals surface area (Å²) in [5, 5.41) is 3.11. The van der Waals surface area contributed by atoms with Crippen LogP contribution in [0.25, 0.3) is 0 Å². The monoisotopic (exact) mass is 473 g/mol. The van der Waals surface area contributed by atoms with Gasteiger partial charge in [-0.25, -0.2) is 8.42 Å². The molecule has 168 valence electrons. The van der Waals surface area contributed by atoms with Crippen LogP contribution in [0.1, 0.15) is 16.8 Å². The van der Waals surface area contributed by atoms with E-state index in [1.54, 1.807) is 49.5 Å². The van der Waals surface area contributed by atoms with Gasteiger partial charge in [0, 0.05) is 11.2 Å². The van der Waals surface area contributed by atoms with Gasteiger partial charge < -0.3 is 10.1 Å². The molecular weight excluding hydrogens is 450 g/mol. The third-order valence-electron chi connectivity index (χ3n) is 4.81. The van der Waals surface area contributed by atoms with Crippen LogP contribution in [-0.2, 0) is 21.4 Å². The normalized spacial score (nSPS) is 11.1. The van der Waals surface area contributed by atoms with Crippen molar-refractivity contribution in [2.24, 2.45) is 0 Å². The lowest BCUT2D eigenvalue weighted by molar-refractivity contribution is -0.119. The molecule has 3 aromatic rings. The maximum Gasteiger partial charge on any atom is 0.268 e. The highest BCUT2D eigenvalue weighted by Crippen LogP contribution is 2.32. The van der Waals surface area contributed by atoms with E-state index in [1.165, 1.54) is 19.2 Å². The van der Waals surface area contributed by atoms with E-state index in [0.717, 1.165) is 15.4 Å². The lowest BCUT2D eigenvalue weighted by Gasteiger charge is -2.25. The molecule has 2 aromatic carbocycles. The molecule has 0 saturated heterocycles. The molecule has 3 rings (SSSR count). The third-order valence-corrected chi connectivity index (χ3v) is 7.01. The highest BCUT2D eigenvalue weighted by Gasteiger charge is 2.30. The molecule has 9 heteroatoms. The van der Waals surface area contributed by atoms with Gasteiger partial charge in [-0.2, -0.15) is 0 Å². The summed E-state index contributed by atoms with van der Waals surface area (Å²) in [7, 11) is -2.75. The number of aryl methyl sites for hydroxylation is 2. The molecule has 0 fully saturated rings. The zero-order valence-electron chi connectivity index (χ0n) is 18.0. The molecule has 0 spiro atoms. The van der Waals surface area contributed by atoms with Crippen LogP contribution in [0.3, 0.4) is 0 Å². The van der Waals surface area contributed by atoms with Crippen molar-refractivity contribution in [3.63, 3.8) is 0 Å². The van der Waals surface area contributed by atoms with Crippen molar-refractivity contribution < 1.29 is 17.9 Å². The number of carbonyl (C=O) groups is 1. The molecule has 0 radical (unpaired) electrons. The molecule has 0 bridgehead atoms. The molecule has 1 aromatic heterocycles. The Kier molecular flexibility index (Phi) is 7.37. The van der Waals surface area contributed by atoms with Crippen LogP contribution in [0.5, 0.6) is 5.75 Å². The second kappa shape index (κ2) is 10.0. The fourth-order valence-electron chi connectivity index (χ4n) is 3.03. The van der Waals surface area contributed by atoms with Crippen molar-refractivity contribution in [1.82, 2.24) is 10.3 Å². The van der Waals surface area contributed by atoms with Gasteiger partial charge >= 0.3 is 0 Å². The largest absolute Gasteiger partial charge is 0.495 e. The van der Waals surface area contributed by atoms with Gasteiger partial charge in [-0.1, -0.05) is 29.8 Å². The van der Waals surface area contributed by atoms with Gasteiger partial charge in [-0.3, -0.25) is 14.1 Å². The number of halogens is 1. The Balaban J connectivity index is 1.98. The summed E-state index contributed by atoms with van der Waals surface area (Å²) in [5.74, 6) is -0.296. The number of benzene rings is 2. The summed E-state index contributed by atoms with van der Waals surface area (Å²) in [6.45, 7) is 3.33. The maximum absolute atomic E-state index is 13.7. The lowest BCUT2D eigenvalue weighted by atomic mass is 10.2. The van der Waals surface area contributed by atoms with Gasteiger partial charge in [0.25, 0.3) is 10.0 Å². The Hall–Kier alpha value is -3.10. The SMILES string of the molecule is COc1ccc(C)cc1S(=O)(=O)N(CC(=O)NCc1ccccn1)c1ccc(C)c(Cl)c1. The first kappa shape index (κ1) is 23.6. The summed E-state index contributed by atoms with van der Waals surface area (Å²) < 4.78 is 33.7. The molecular formula is C23H24ClN3O4S. The Morgan fingerprint density at radius 3 is 2.56 bits per heavy atom. The number of nitrogens with zero attached hydrogens (tertiary/aromatic N) is 2. The van der Waals surface area contributed by atoms with Crippen molar-refractivity contribution in [3.8, 4) is 5.75 Å². The maximum atomic E-state index is 13.7. The van der Waals surface area contributed by atoms with Crippen molar-refractivity contribution in [2.75, 3.05) is 18.0 Å². The molecule has 1 N–H and O–H groups in total. The van der Waals surface area contributed by atoms with Crippen molar-refractivity contribution in [2.45, 2.75) is 25.3 Å². The predicted molar refractivity (Wildman–Crippen MR) is 125 cm³/mol. The van der Waals surface area contributed by atoms with Crippen LogP contribution in [0, 0.1) is 13.8 Å². The Morgan fingerprint density at radius 2 is 1.91 bits per heavy atom. The number of amides is 1. The molecule has 7 nitrogen and oxygen atoms in total. The highest BCUT2D eigenvalue weighted by atomic mass is 35.5. The number of aromatic nitrogens is 1. The summed E-state index contributed by atoms with van der Waals surface area (Å²) in [6.07, 6.45) is 1.62. The lowest BCUT2D eigenvalue weighted by Crippen LogP contribution is -2.41. The van der Waals surface area contributed by atoms with E-state index in [4.69, 9.17) is 16.3 Å². The minimum atomic E-state index is -4.15. The Labute approximate surface area is 193 Å².